The van der Waals surface area contributed by atoms with E-state index in [1.165, 1.54) is 21.1 Å². The number of nitrogen functional groups attached to an aromatic ring is 1. The molecular formula is C18H27N5O4S2. The third kappa shape index (κ3) is 5.71. The van der Waals surface area contributed by atoms with Crippen molar-refractivity contribution in [1.82, 2.24) is 19.2 Å². The van der Waals surface area contributed by atoms with E-state index in [9.17, 15) is 13.2 Å². The van der Waals surface area contributed by atoms with Crippen LogP contribution in [0.15, 0.2) is 34.3 Å². The monoisotopic (exact) mass is 441 g/mol. The maximum absolute atomic E-state index is 12.7. The van der Waals surface area contributed by atoms with Crippen LogP contribution in [0, 0.1) is 0 Å². The largest absolute Gasteiger partial charge is 0.465 e. The first-order valence-electron chi connectivity index (χ1n) is 9.44. The van der Waals surface area contributed by atoms with Crippen molar-refractivity contribution in [2.45, 2.75) is 43.7 Å². The lowest BCUT2D eigenvalue weighted by Crippen LogP contribution is -2.30. The van der Waals surface area contributed by atoms with Crippen molar-refractivity contribution < 1.29 is 17.9 Å². The minimum Gasteiger partial charge on any atom is -0.465 e. The first-order chi connectivity index (χ1) is 13.8. The number of hydrogen-bond donors (Lipinski definition) is 1. The van der Waals surface area contributed by atoms with Gasteiger partial charge in [0.15, 0.2) is 5.82 Å². The molecule has 0 aliphatic carbocycles. The van der Waals surface area contributed by atoms with Crippen molar-refractivity contribution in [3.05, 3.63) is 24.3 Å². The number of nitrogens with two attached hydrogens (primary N) is 1. The number of carbonyl (C=O) groups excluding carboxylic acids is 1. The van der Waals surface area contributed by atoms with Crippen LogP contribution in [0.3, 0.4) is 0 Å². The van der Waals surface area contributed by atoms with Crippen molar-refractivity contribution in [3.63, 3.8) is 0 Å². The Morgan fingerprint density at radius 2 is 1.97 bits per heavy atom. The van der Waals surface area contributed by atoms with Crippen LogP contribution in [-0.4, -0.2) is 59.0 Å². The number of ether oxygens (including phenoxy) is 1. The minimum atomic E-state index is -3.60. The van der Waals surface area contributed by atoms with Gasteiger partial charge in [-0.15, -0.1) is 10.2 Å². The van der Waals surface area contributed by atoms with Gasteiger partial charge in [0.1, 0.15) is 0 Å². The summed E-state index contributed by atoms with van der Waals surface area (Å²) in [6.07, 6.45) is 1.77. The Morgan fingerprint density at radius 3 is 2.62 bits per heavy atom. The molecule has 0 atom stereocenters. The van der Waals surface area contributed by atoms with Crippen LogP contribution in [0.1, 0.15) is 33.6 Å². The summed E-state index contributed by atoms with van der Waals surface area (Å²) in [6, 6.07) is 6.41. The molecule has 0 unspecified atom stereocenters. The molecule has 2 rings (SSSR count). The highest BCUT2D eigenvalue weighted by atomic mass is 32.2. The van der Waals surface area contributed by atoms with E-state index < -0.39 is 10.0 Å². The molecule has 11 heteroatoms. The van der Waals surface area contributed by atoms with Gasteiger partial charge in [0.25, 0.3) is 0 Å². The van der Waals surface area contributed by atoms with Gasteiger partial charge in [-0.05, 0) is 18.6 Å². The molecule has 29 heavy (non-hydrogen) atoms. The Kier molecular flexibility index (Phi) is 8.47. The second-order valence-electron chi connectivity index (χ2n) is 6.16. The quantitative estimate of drug-likeness (QED) is 0.244. The molecule has 0 saturated heterocycles. The molecule has 0 bridgehead atoms. The Bertz CT molecular complexity index is 926. The summed E-state index contributed by atoms with van der Waals surface area (Å²) in [4.78, 5) is 11.9. The summed E-state index contributed by atoms with van der Waals surface area (Å²) < 4.78 is 33.2. The van der Waals surface area contributed by atoms with Crippen LogP contribution >= 0.6 is 11.8 Å². The molecule has 0 fully saturated rings. The summed E-state index contributed by atoms with van der Waals surface area (Å²) >= 11 is 1.11. The van der Waals surface area contributed by atoms with Crippen molar-refractivity contribution in [3.8, 4) is 11.4 Å². The summed E-state index contributed by atoms with van der Waals surface area (Å²) in [5, 5.41) is 8.39. The van der Waals surface area contributed by atoms with E-state index in [1.807, 2.05) is 6.92 Å². The summed E-state index contributed by atoms with van der Waals surface area (Å²) in [5.41, 5.74) is 0.519. The van der Waals surface area contributed by atoms with Gasteiger partial charge in [-0.25, -0.2) is 13.1 Å². The minimum absolute atomic E-state index is 0.0649. The van der Waals surface area contributed by atoms with Crippen molar-refractivity contribution in [2.24, 2.45) is 0 Å². The van der Waals surface area contributed by atoms with E-state index in [0.717, 1.165) is 24.6 Å². The molecule has 160 valence electrons. The van der Waals surface area contributed by atoms with E-state index in [-0.39, 0.29) is 16.6 Å². The molecule has 1 aromatic carbocycles. The predicted octanol–water partition coefficient (Wildman–Crippen LogP) is 2.12. The van der Waals surface area contributed by atoms with Gasteiger partial charge in [-0.1, -0.05) is 51.1 Å². The number of thioether (sulfide) groups is 1. The molecule has 0 aliphatic rings. The highest BCUT2D eigenvalue weighted by Crippen LogP contribution is 2.25. The van der Waals surface area contributed by atoms with Gasteiger partial charge in [0.2, 0.25) is 15.2 Å². The number of rotatable bonds is 11. The normalized spacial score (nSPS) is 11.7. The molecule has 0 radical (unpaired) electrons. The Hall–Kier alpha value is -2.11. The zero-order valence-electron chi connectivity index (χ0n) is 16.9. The lowest BCUT2D eigenvalue weighted by molar-refractivity contribution is -0.140. The maximum Gasteiger partial charge on any atom is 0.316 e. The van der Waals surface area contributed by atoms with Crippen molar-refractivity contribution in [2.75, 3.05) is 31.3 Å². The zero-order valence-corrected chi connectivity index (χ0v) is 18.5. The second-order valence-corrected chi connectivity index (χ2v) is 9.04. The lowest BCUT2D eigenvalue weighted by Gasteiger charge is -2.18. The number of carbonyl (C=O) groups is 1. The Morgan fingerprint density at radius 1 is 1.24 bits per heavy atom. The molecule has 1 aromatic heterocycles. The van der Waals surface area contributed by atoms with Gasteiger partial charge in [-0.2, -0.15) is 4.31 Å². The highest BCUT2D eigenvalue weighted by molar-refractivity contribution is 7.99. The lowest BCUT2D eigenvalue weighted by atomic mass is 10.2. The smallest absolute Gasteiger partial charge is 0.316 e. The van der Waals surface area contributed by atoms with Crippen LogP contribution in [0.4, 0.5) is 0 Å². The number of aromatic nitrogens is 3. The SMILES string of the molecule is CCCCOC(=O)CSc1nnc(-c2cccc(S(=O)(=O)N(CC)CC)c2)n1N. The molecule has 2 N–H and O–H groups in total. The van der Waals surface area contributed by atoms with Gasteiger partial charge >= 0.3 is 5.97 Å². The topological polar surface area (TPSA) is 120 Å². The van der Waals surface area contributed by atoms with Gasteiger partial charge < -0.3 is 10.6 Å². The summed E-state index contributed by atoms with van der Waals surface area (Å²) in [6.45, 7) is 6.75. The third-order valence-corrected chi connectivity index (χ3v) is 7.14. The Balaban J connectivity index is 2.17. The summed E-state index contributed by atoms with van der Waals surface area (Å²) in [5.74, 6) is 6.10. The van der Waals surface area contributed by atoms with Crippen LogP contribution in [0.2, 0.25) is 0 Å². The number of unbranched alkanes of at least 4 members (excludes halogenated alkanes) is 1. The van der Waals surface area contributed by atoms with Crippen molar-refractivity contribution >= 4 is 27.8 Å². The fourth-order valence-electron chi connectivity index (χ4n) is 2.58. The molecule has 0 aliphatic heterocycles. The first kappa shape index (κ1) is 23.2. The number of benzene rings is 1. The fraction of sp³-hybridized carbons (Fsp3) is 0.500. The predicted molar refractivity (Wildman–Crippen MR) is 112 cm³/mol. The van der Waals surface area contributed by atoms with Crippen LogP contribution in [-0.2, 0) is 19.6 Å². The van der Waals surface area contributed by atoms with Crippen LogP contribution < -0.4 is 5.84 Å². The van der Waals surface area contributed by atoms with E-state index in [2.05, 4.69) is 10.2 Å². The third-order valence-electron chi connectivity index (χ3n) is 4.18. The van der Waals surface area contributed by atoms with E-state index in [1.54, 1.807) is 26.0 Å². The average Bonchev–Trinajstić information content (AvgIpc) is 3.08. The van der Waals surface area contributed by atoms with Crippen molar-refractivity contribution in [1.29, 1.82) is 0 Å². The van der Waals surface area contributed by atoms with Gasteiger partial charge in [-0.3, -0.25) is 4.79 Å². The van der Waals surface area contributed by atoms with E-state index >= 15 is 0 Å². The molecular weight excluding hydrogens is 414 g/mol. The molecule has 0 spiro atoms. The molecule has 9 nitrogen and oxygen atoms in total. The molecule has 2 aromatic rings. The fourth-order valence-corrected chi connectivity index (χ4v) is 4.73. The second kappa shape index (κ2) is 10.6. The average molecular weight is 442 g/mol. The van der Waals surface area contributed by atoms with E-state index in [0.29, 0.717) is 36.2 Å². The number of hydrogen-bond acceptors (Lipinski definition) is 8. The Labute approximate surface area is 175 Å². The number of nitrogens with zero attached hydrogens (tertiary/aromatic N) is 4. The van der Waals surface area contributed by atoms with E-state index in [4.69, 9.17) is 10.6 Å². The number of esters is 1. The highest BCUT2D eigenvalue weighted by Gasteiger charge is 2.23. The molecule has 0 saturated carbocycles. The van der Waals surface area contributed by atoms with Crippen LogP contribution in [0.5, 0.6) is 0 Å². The standard InChI is InChI=1S/C18H27N5O4S2/c1-4-7-11-27-16(24)13-28-18-21-20-17(23(18)19)14-9-8-10-15(12-14)29(25,26)22(5-2)6-3/h8-10,12H,4-7,11,13,19H2,1-3H3. The van der Waals surface area contributed by atoms with Crippen LogP contribution in [0.25, 0.3) is 11.4 Å². The first-order valence-corrected chi connectivity index (χ1v) is 11.9. The van der Waals surface area contributed by atoms with Gasteiger partial charge in [0, 0.05) is 18.7 Å². The maximum atomic E-state index is 12.7. The molecule has 1 heterocycles. The molecule has 0 amide bonds. The number of sulfonamides is 1. The van der Waals surface area contributed by atoms with Gasteiger partial charge in [0.05, 0.1) is 17.3 Å². The zero-order chi connectivity index (χ0) is 21.4. The summed E-state index contributed by atoms with van der Waals surface area (Å²) in [7, 11) is -3.60.